The van der Waals surface area contributed by atoms with Gasteiger partial charge in [-0.2, -0.15) is 0 Å². The van der Waals surface area contributed by atoms with Gasteiger partial charge in [-0.25, -0.2) is 4.98 Å². The van der Waals surface area contributed by atoms with Crippen molar-refractivity contribution in [2.75, 3.05) is 0 Å². The Hall–Kier alpha value is -0.120. The van der Waals surface area contributed by atoms with Crippen molar-refractivity contribution in [3.05, 3.63) is 15.5 Å². The van der Waals surface area contributed by atoms with Gasteiger partial charge in [-0.3, -0.25) is 0 Å². The molecule has 0 fully saturated rings. The van der Waals surface area contributed by atoms with Crippen LogP contribution in [0.25, 0.3) is 0 Å². The van der Waals surface area contributed by atoms with E-state index in [9.17, 15) is 0 Å². The molecular weight excluding hydrogens is 240 g/mol. The molecule has 1 heterocycles. The molecule has 0 bridgehead atoms. The van der Waals surface area contributed by atoms with Gasteiger partial charge in [0.1, 0.15) is 9.34 Å². The molecule has 0 saturated heterocycles. The molecule has 1 rings (SSSR count). The van der Waals surface area contributed by atoms with Crippen molar-refractivity contribution >= 4 is 22.9 Å². The smallest absolute Gasteiger partial charge is 0.113 e. The molecule has 0 saturated carbocycles. The molecule has 16 heavy (non-hydrogen) atoms. The first-order valence-electron chi connectivity index (χ1n) is 5.53. The summed E-state index contributed by atoms with van der Waals surface area (Å²) in [6.45, 7) is 12.0. The van der Waals surface area contributed by atoms with E-state index in [0.717, 1.165) is 22.3 Å². The van der Waals surface area contributed by atoms with Gasteiger partial charge in [0.2, 0.25) is 0 Å². The summed E-state index contributed by atoms with van der Waals surface area (Å²) in [5.74, 6) is 0. The molecule has 0 atom stereocenters. The van der Waals surface area contributed by atoms with Crippen molar-refractivity contribution in [1.29, 1.82) is 0 Å². The number of nitrogens with zero attached hydrogens (tertiary/aromatic N) is 1. The summed E-state index contributed by atoms with van der Waals surface area (Å²) < 4.78 is 0.755. The molecule has 0 unspecified atom stereocenters. The summed E-state index contributed by atoms with van der Waals surface area (Å²) in [5.41, 5.74) is 0.452. The minimum atomic E-state index is 0.121. The Bertz CT molecular complexity index is 339. The molecule has 1 aromatic heterocycles. The number of nitrogens with one attached hydrogen (secondary N) is 1. The number of hydrogen-bond donors (Lipinski definition) is 1. The van der Waals surface area contributed by atoms with E-state index in [0.29, 0.717) is 5.41 Å². The summed E-state index contributed by atoms with van der Waals surface area (Å²) >= 11 is 7.38. The molecule has 0 aliphatic rings. The molecular formula is C12H21ClN2S. The molecule has 0 spiro atoms. The van der Waals surface area contributed by atoms with Crippen LogP contribution >= 0.6 is 22.9 Å². The van der Waals surface area contributed by atoms with Gasteiger partial charge in [0, 0.05) is 12.1 Å². The molecule has 2 nitrogen and oxygen atoms in total. The molecule has 0 aromatic carbocycles. The maximum Gasteiger partial charge on any atom is 0.113 e. The Morgan fingerprint density at radius 1 is 1.31 bits per heavy atom. The van der Waals surface area contributed by atoms with Crippen LogP contribution in [0.3, 0.4) is 0 Å². The van der Waals surface area contributed by atoms with E-state index in [-0.39, 0.29) is 5.54 Å². The van der Waals surface area contributed by atoms with Crippen LogP contribution in [0.15, 0.2) is 6.20 Å². The average Bonchev–Trinajstić information content (AvgIpc) is 2.44. The lowest BCUT2D eigenvalue weighted by atomic mass is 9.82. The largest absolute Gasteiger partial charge is 0.305 e. The van der Waals surface area contributed by atoms with Crippen LogP contribution in [-0.4, -0.2) is 10.5 Å². The van der Waals surface area contributed by atoms with Crippen molar-refractivity contribution < 1.29 is 0 Å². The molecule has 92 valence electrons. The molecule has 0 aliphatic heterocycles. The molecule has 0 amide bonds. The van der Waals surface area contributed by atoms with Gasteiger partial charge in [0.05, 0.1) is 6.20 Å². The monoisotopic (exact) mass is 260 g/mol. The molecule has 0 radical (unpaired) electrons. The number of rotatable bonds is 4. The highest BCUT2D eigenvalue weighted by atomic mass is 35.5. The molecule has 4 heteroatoms. The average molecular weight is 261 g/mol. The molecule has 1 aromatic rings. The van der Waals surface area contributed by atoms with Crippen LogP contribution in [0.4, 0.5) is 0 Å². The first-order chi connectivity index (χ1) is 7.18. The van der Waals surface area contributed by atoms with Crippen molar-refractivity contribution in [3.63, 3.8) is 0 Å². The predicted octanol–water partition coefficient (Wildman–Crippen LogP) is 4.10. The maximum absolute atomic E-state index is 5.85. The maximum atomic E-state index is 5.85. The van der Waals surface area contributed by atoms with Gasteiger partial charge in [0.25, 0.3) is 0 Å². The van der Waals surface area contributed by atoms with Gasteiger partial charge >= 0.3 is 0 Å². The fourth-order valence-corrected chi connectivity index (χ4v) is 2.97. The second-order valence-corrected chi connectivity index (χ2v) is 7.78. The first-order valence-corrected chi connectivity index (χ1v) is 6.73. The Labute approximate surface area is 107 Å². The molecule has 1 N–H and O–H groups in total. The van der Waals surface area contributed by atoms with E-state index in [4.69, 9.17) is 11.6 Å². The van der Waals surface area contributed by atoms with Crippen molar-refractivity contribution in [2.45, 2.75) is 53.1 Å². The van der Waals surface area contributed by atoms with Crippen LogP contribution in [0, 0.1) is 5.41 Å². The van der Waals surface area contributed by atoms with Crippen LogP contribution in [-0.2, 0) is 6.54 Å². The zero-order chi connectivity index (χ0) is 12.4. The number of hydrogen-bond acceptors (Lipinski definition) is 3. The van der Waals surface area contributed by atoms with E-state index in [1.54, 1.807) is 6.20 Å². The van der Waals surface area contributed by atoms with Gasteiger partial charge in [-0.1, -0.05) is 32.4 Å². The lowest BCUT2D eigenvalue weighted by molar-refractivity contribution is 0.240. The minimum absolute atomic E-state index is 0.121. The quantitative estimate of drug-likeness (QED) is 0.882. The van der Waals surface area contributed by atoms with Gasteiger partial charge < -0.3 is 5.32 Å². The fraction of sp³-hybridized carbons (Fsp3) is 0.750. The topological polar surface area (TPSA) is 24.9 Å². The standard InChI is InChI=1S/C12H21ClN2S/c1-11(2,3)8-12(4,5)15-7-10-14-6-9(13)16-10/h6,15H,7-8H2,1-5H3. The van der Waals surface area contributed by atoms with Crippen molar-refractivity contribution in [2.24, 2.45) is 5.41 Å². The lowest BCUT2D eigenvalue weighted by Gasteiger charge is -2.33. The van der Waals surface area contributed by atoms with E-state index in [1.807, 2.05) is 0 Å². The van der Waals surface area contributed by atoms with E-state index in [2.05, 4.69) is 44.9 Å². The van der Waals surface area contributed by atoms with Crippen molar-refractivity contribution in [1.82, 2.24) is 10.3 Å². The van der Waals surface area contributed by atoms with Crippen LogP contribution < -0.4 is 5.32 Å². The van der Waals surface area contributed by atoms with Crippen LogP contribution in [0.5, 0.6) is 0 Å². The third-order valence-corrected chi connectivity index (χ3v) is 3.33. The lowest BCUT2D eigenvalue weighted by Crippen LogP contribution is -2.41. The zero-order valence-corrected chi connectivity index (χ0v) is 12.3. The van der Waals surface area contributed by atoms with Crippen LogP contribution in [0.1, 0.15) is 46.0 Å². The Morgan fingerprint density at radius 3 is 2.38 bits per heavy atom. The number of aromatic nitrogens is 1. The second-order valence-electron chi connectivity index (χ2n) is 6.03. The minimum Gasteiger partial charge on any atom is -0.305 e. The Balaban J connectivity index is 2.47. The zero-order valence-electron chi connectivity index (χ0n) is 10.7. The second kappa shape index (κ2) is 5.03. The number of halogens is 1. The fourth-order valence-electron chi connectivity index (χ4n) is 2.07. The highest BCUT2D eigenvalue weighted by Gasteiger charge is 2.24. The summed E-state index contributed by atoms with van der Waals surface area (Å²) in [4.78, 5) is 4.24. The van der Waals surface area contributed by atoms with Gasteiger partial charge in [-0.05, 0) is 25.7 Å². The SMILES string of the molecule is CC(C)(C)CC(C)(C)NCc1ncc(Cl)s1. The van der Waals surface area contributed by atoms with E-state index >= 15 is 0 Å². The Kier molecular flexibility index (Phi) is 4.38. The predicted molar refractivity (Wildman–Crippen MR) is 72.1 cm³/mol. The summed E-state index contributed by atoms with van der Waals surface area (Å²) in [5, 5.41) is 4.58. The normalized spacial score (nSPS) is 13.1. The van der Waals surface area contributed by atoms with E-state index in [1.165, 1.54) is 11.3 Å². The molecule has 0 aliphatic carbocycles. The Morgan fingerprint density at radius 2 is 1.94 bits per heavy atom. The van der Waals surface area contributed by atoms with Crippen LogP contribution in [0.2, 0.25) is 4.34 Å². The van der Waals surface area contributed by atoms with Crippen molar-refractivity contribution in [3.8, 4) is 0 Å². The highest BCUT2D eigenvalue weighted by molar-refractivity contribution is 7.15. The third-order valence-electron chi connectivity index (χ3n) is 2.22. The summed E-state index contributed by atoms with van der Waals surface area (Å²) in [6, 6.07) is 0. The third kappa shape index (κ3) is 5.28. The van der Waals surface area contributed by atoms with E-state index < -0.39 is 0 Å². The summed E-state index contributed by atoms with van der Waals surface area (Å²) in [6.07, 6.45) is 2.83. The first kappa shape index (κ1) is 13.9. The highest BCUT2D eigenvalue weighted by Crippen LogP contribution is 2.27. The van der Waals surface area contributed by atoms with Gasteiger partial charge in [-0.15, -0.1) is 11.3 Å². The number of thiazole rings is 1. The van der Waals surface area contributed by atoms with Gasteiger partial charge in [0.15, 0.2) is 0 Å². The summed E-state index contributed by atoms with van der Waals surface area (Å²) in [7, 11) is 0.